The van der Waals surface area contributed by atoms with Crippen LogP contribution in [0.15, 0.2) is 12.7 Å². The van der Waals surface area contributed by atoms with Gasteiger partial charge in [0.1, 0.15) is 0 Å². The predicted octanol–water partition coefficient (Wildman–Crippen LogP) is 1.13. The van der Waals surface area contributed by atoms with E-state index in [0.717, 1.165) is 6.42 Å². The number of nitrogens with zero attached hydrogens (tertiary/aromatic N) is 1. The average molecular weight is 211 g/mol. The molecule has 0 aromatic carbocycles. The fraction of sp³-hybridized carbons (Fsp3) is 0.636. The van der Waals surface area contributed by atoms with Gasteiger partial charge in [0, 0.05) is 13.6 Å². The minimum Gasteiger partial charge on any atom is -0.481 e. The molecule has 2 atom stereocenters. The van der Waals surface area contributed by atoms with Crippen LogP contribution in [0.25, 0.3) is 0 Å². The Kier molecular flexibility index (Phi) is 3.88. The molecule has 0 heterocycles. The number of rotatable bonds is 4. The van der Waals surface area contributed by atoms with Crippen LogP contribution >= 0.6 is 0 Å². The minimum atomic E-state index is -0.849. The Morgan fingerprint density at radius 3 is 2.60 bits per heavy atom. The highest BCUT2D eigenvalue weighted by Crippen LogP contribution is 2.33. The summed E-state index contributed by atoms with van der Waals surface area (Å²) in [5.41, 5.74) is 0. The largest absolute Gasteiger partial charge is 0.481 e. The number of likely N-dealkylation sites (N-methyl/N-ethyl adjacent to an activating group) is 1. The molecule has 1 rings (SSSR count). The van der Waals surface area contributed by atoms with E-state index in [0.29, 0.717) is 19.4 Å². The third-order valence-corrected chi connectivity index (χ3v) is 2.93. The van der Waals surface area contributed by atoms with Crippen molar-refractivity contribution in [3.05, 3.63) is 12.7 Å². The van der Waals surface area contributed by atoms with E-state index in [1.54, 1.807) is 18.0 Å². The third-order valence-electron chi connectivity index (χ3n) is 2.93. The number of carboxylic acids is 1. The Bertz CT molecular complexity index is 275. The lowest BCUT2D eigenvalue weighted by molar-refractivity contribution is -0.148. The van der Waals surface area contributed by atoms with Gasteiger partial charge in [-0.1, -0.05) is 12.5 Å². The standard InChI is InChI=1S/C11H17NO3/c1-3-7-12(2)10(13)8-5-4-6-9(8)11(14)15/h3,8-9H,1,4-7H2,2H3,(H,14,15)/t8-,9+/m1/s1. The minimum absolute atomic E-state index is 0.0696. The predicted molar refractivity (Wildman–Crippen MR) is 56.3 cm³/mol. The summed E-state index contributed by atoms with van der Waals surface area (Å²) in [5.74, 6) is -1.75. The van der Waals surface area contributed by atoms with Crippen molar-refractivity contribution in [2.24, 2.45) is 11.8 Å². The summed E-state index contributed by atoms with van der Waals surface area (Å²) < 4.78 is 0. The molecule has 1 amide bonds. The lowest BCUT2D eigenvalue weighted by Gasteiger charge is -2.22. The van der Waals surface area contributed by atoms with E-state index in [2.05, 4.69) is 6.58 Å². The molecule has 1 aliphatic carbocycles. The zero-order chi connectivity index (χ0) is 11.4. The van der Waals surface area contributed by atoms with Crippen molar-refractivity contribution in [2.45, 2.75) is 19.3 Å². The Morgan fingerprint density at radius 2 is 2.07 bits per heavy atom. The molecule has 0 unspecified atom stereocenters. The number of carboxylic acid groups (broad SMARTS) is 1. The first-order valence-corrected chi connectivity index (χ1v) is 5.16. The summed E-state index contributed by atoms with van der Waals surface area (Å²) in [6, 6.07) is 0. The van der Waals surface area contributed by atoms with E-state index in [4.69, 9.17) is 5.11 Å². The number of hydrogen-bond acceptors (Lipinski definition) is 2. The lowest BCUT2D eigenvalue weighted by atomic mass is 9.95. The van der Waals surface area contributed by atoms with Crippen molar-refractivity contribution in [2.75, 3.05) is 13.6 Å². The molecular weight excluding hydrogens is 194 g/mol. The van der Waals surface area contributed by atoms with Gasteiger partial charge in [-0.05, 0) is 12.8 Å². The van der Waals surface area contributed by atoms with Gasteiger partial charge in [0.25, 0.3) is 0 Å². The van der Waals surface area contributed by atoms with Crippen LogP contribution in [0, 0.1) is 11.8 Å². The van der Waals surface area contributed by atoms with Gasteiger partial charge in [0.15, 0.2) is 0 Å². The summed E-state index contributed by atoms with van der Waals surface area (Å²) in [5, 5.41) is 8.95. The molecule has 0 spiro atoms. The molecule has 1 fully saturated rings. The van der Waals surface area contributed by atoms with Crippen LogP contribution in [0.1, 0.15) is 19.3 Å². The van der Waals surface area contributed by atoms with E-state index in [9.17, 15) is 9.59 Å². The van der Waals surface area contributed by atoms with E-state index in [1.165, 1.54) is 0 Å². The van der Waals surface area contributed by atoms with E-state index >= 15 is 0 Å². The van der Waals surface area contributed by atoms with Gasteiger partial charge in [-0.3, -0.25) is 9.59 Å². The van der Waals surface area contributed by atoms with Crippen LogP contribution in [-0.2, 0) is 9.59 Å². The Hall–Kier alpha value is -1.32. The van der Waals surface area contributed by atoms with Gasteiger partial charge in [-0.15, -0.1) is 6.58 Å². The van der Waals surface area contributed by atoms with Crippen molar-refractivity contribution in [3.63, 3.8) is 0 Å². The van der Waals surface area contributed by atoms with E-state index in [-0.39, 0.29) is 11.8 Å². The summed E-state index contributed by atoms with van der Waals surface area (Å²) in [6.45, 7) is 4.03. The molecule has 0 radical (unpaired) electrons. The zero-order valence-electron chi connectivity index (χ0n) is 8.98. The lowest BCUT2D eigenvalue weighted by Crippen LogP contribution is -2.36. The van der Waals surface area contributed by atoms with Gasteiger partial charge in [-0.2, -0.15) is 0 Å². The number of hydrogen-bond donors (Lipinski definition) is 1. The molecule has 0 bridgehead atoms. The molecule has 4 heteroatoms. The van der Waals surface area contributed by atoms with Gasteiger partial charge >= 0.3 is 5.97 Å². The average Bonchev–Trinajstić information content (AvgIpc) is 2.65. The number of aliphatic carboxylic acids is 1. The summed E-state index contributed by atoms with van der Waals surface area (Å²) in [4.78, 5) is 24.3. The van der Waals surface area contributed by atoms with Crippen LogP contribution in [0.4, 0.5) is 0 Å². The third kappa shape index (κ3) is 2.58. The molecule has 0 aromatic heterocycles. The molecule has 15 heavy (non-hydrogen) atoms. The summed E-state index contributed by atoms with van der Waals surface area (Å²) >= 11 is 0. The Morgan fingerprint density at radius 1 is 1.47 bits per heavy atom. The highest BCUT2D eigenvalue weighted by molar-refractivity contribution is 5.85. The van der Waals surface area contributed by atoms with Crippen LogP contribution < -0.4 is 0 Å². The molecular formula is C11H17NO3. The quantitative estimate of drug-likeness (QED) is 0.709. The maximum absolute atomic E-state index is 11.9. The van der Waals surface area contributed by atoms with Crippen LogP contribution in [-0.4, -0.2) is 35.5 Å². The fourth-order valence-corrected chi connectivity index (χ4v) is 2.12. The van der Waals surface area contributed by atoms with E-state index < -0.39 is 11.9 Å². The van der Waals surface area contributed by atoms with Crippen molar-refractivity contribution >= 4 is 11.9 Å². The first-order valence-electron chi connectivity index (χ1n) is 5.16. The van der Waals surface area contributed by atoms with Crippen LogP contribution in [0.3, 0.4) is 0 Å². The van der Waals surface area contributed by atoms with Crippen molar-refractivity contribution < 1.29 is 14.7 Å². The van der Waals surface area contributed by atoms with Gasteiger partial charge in [0.05, 0.1) is 11.8 Å². The van der Waals surface area contributed by atoms with Crippen molar-refractivity contribution in [1.29, 1.82) is 0 Å². The SMILES string of the molecule is C=CCN(C)C(=O)[C@@H]1CCC[C@@H]1C(=O)O. The summed E-state index contributed by atoms with van der Waals surface area (Å²) in [7, 11) is 1.68. The zero-order valence-corrected chi connectivity index (χ0v) is 8.98. The van der Waals surface area contributed by atoms with Gasteiger partial charge in [-0.25, -0.2) is 0 Å². The maximum atomic E-state index is 11.9. The van der Waals surface area contributed by atoms with Gasteiger partial charge in [0.2, 0.25) is 5.91 Å². The summed E-state index contributed by atoms with van der Waals surface area (Å²) in [6.07, 6.45) is 3.78. The van der Waals surface area contributed by atoms with Crippen molar-refractivity contribution in [3.8, 4) is 0 Å². The molecule has 84 valence electrons. The second-order valence-corrected chi connectivity index (χ2v) is 3.99. The molecule has 0 aromatic rings. The number of carbonyl (C=O) groups excluding carboxylic acids is 1. The number of carbonyl (C=O) groups is 2. The molecule has 0 aliphatic heterocycles. The first-order chi connectivity index (χ1) is 7.07. The monoisotopic (exact) mass is 211 g/mol. The van der Waals surface area contributed by atoms with Crippen molar-refractivity contribution in [1.82, 2.24) is 4.90 Å². The second kappa shape index (κ2) is 4.96. The Balaban J connectivity index is 2.65. The normalized spacial score (nSPS) is 24.9. The van der Waals surface area contributed by atoms with E-state index in [1.807, 2.05) is 0 Å². The molecule has 4 nitrogen and oxygen atoms in total. The molecule has 1 aliphatic rings. The maximum Gasteiger partial charge on any atom is 0.307 e. The fourth-order valence-electron chi connectivity index (χ4n) is 2.12. The van der Waals surface area contributed by atoms with Crippen LogP contribution in [0.2, 0.25) is 0 Å². The topological polar surface area (TPSA) is 57.6 Å². The number of amides is 1. The molecule has 1 N–H and O–H groups in total. The van der Waals surface area contributed by atoms with Crippen LogP contribution in [0.5, 0.6) is 0 Å². The second-order valence-electron chi connectivity index (χ2n) is 3.99. The molecule has 1 saturated carbocycles. The van der Waals surface area contributed by atoms with Gasteiger partial charge < -0.3 is 10.0 Å². The first kappa shape index (κ1) is 11.8. The highest BCUT2D eigenvalue weighted by atomic mass is 16.4. The molecule has 0 saturated heterocycles. The smallest absolute Gasteiger partial charge is 0.307 e. The Labute approximate surface area is 89.6 Å². The highest BCUT2D eigenvalue weighted by Gasteiger charge is 2.38.